The van der Waals surface area contributed by atoms with Gasteiger partial charge in [0, 0.05) is 5.25 Å². The van der Waals surface area contributed by atoms with Crippen LogP contribution in [0, 0.1) is 0 Å². The topological polar surface area (TPSA) is 105 Å². The molecule has 0 aromatic heterocycles. The van der Waals surface area contributed by atoms with E-state index in [2.05, 4.69) is 16.4 Å². The van der Waals surface area contributed by atoms with Gasteiger partial charge in [0.05, 0.1) is 29.9 Å². The second-order valence-electron chi connectivity index (χ2n) is 3.68. The van der Waals surface area contributed by atoms with E-state index in [0.717, 1.165) is 0 Å². The average Bonchev–Trinajstić information content (AvgIpc) is 2.27. The molecule has 0 amide bonds. The second kappa shape index (κ2) is 12.2. The van der Waals surface area contributed by atoms with Crippen LogP contribution in [0.4, 0.5) is 0 Å². The van der Waals surface area contributed by atoms with E-state index in [1.54, 1.807) is 6.08 Å². The summed E-state index contributed by atoms with van der Waals surface area (Å²) in [6.07, 6.45) is 0.745. The maximum atomic E-state index is 10.5. The van der Waals surface area contributed by atoms with Crippen molar-refractivity contribution in [1.29, 1.82) is 0 Å². The Balaban J connectivity index is 0. The fraction of sp³-hybridized carbons (Fsp3) is 0.800. The normalized spacial score (nSPS) is 14.5. The molecule has 0 aliphatic heterocycles. The Morgan fingerprint density at radius 3 is 2.53 bits per heavy atom. The van der Waals surface area contributed by atoms with Gasteiger partial charge in [-0.25, -0.2) is 18.2 Å². The van der Waals surface area contributed by atoms with Crippen molar-refractivity contribution in [2.75, 3.05) is 26.4 Å². The summed E-state index contributed by atoms with van der Waals surface area (Å²) in [5.41, 5.74) is 0. The van der Waals surface area contributed by atoms with Crippen molar-refractivity contribution in [2.24, 2.45) is 0 Å². The molecule has 0 aromatic carbocycles. The first-order valence-corrected chi connectivity index (χ1v) is 6.91. The van der Waals surface area contributed by atoms with Crippen LogP contribution in [0.25, 0.3) is 0 Å². The Bertz CT molecular complexity index is 320. The van der Waals surface area contributed by atoms with Gasteiger partial charge in [0.2, 0.25) is 0 Å². The molecule has 1 N–H and O–H groups in total. The molecular weight excluding hydrogens is 287 g/mol. The molecule has 2 unspecified atom stereocenters. The molecule has 0 heterocycles. The molecule has 2 atom stereocenters. The third-order valence-electron chi connectivity index (χ3n) is 1.99. The number of hydrogen-bond donors (Lipinski definition) is 1. The SMILES string of the molecule is C=CCOCC(O)COOCCC(C)S(=O)(=O)[O-].[Na+]. The van der Waals surface area contributed by atoms with Gasteiger partial charge < -0.3 is 14.4 Å². The van der Waals surface area contributed by atoms with Gasteiger partial charge >= 0.3 is 29.6 Å². The van der Waals surface area contributed by atoms with E-state index in [1.165, 1.54) is 6.92 Å². The standard InChI is InChI=1S/C10H20O7S.Na/c1-3-5-15-7-10(11)8-17-16-6-4-9(2)18(12,13)14;/h3,9-11H,1,4-8H2,2H3,(H,12,13,14);/q;+1/p-1. The number of rotatable bonds is 11. The smallest absolute Gasteiger partial charge is 0.748 e. The van der Waals surface area contributed by atoms with Gasteiger partial charge in [-0.3, -0.25) is 0 Å². The van der Waals surface area contributed by atoms with Crippen LogP contribution in [0.1, 0.15) is 13.3 Å². The van der Waals surface area contributed by atoms with Gasteiger partial charge in [-0.05, 0) is 13.3 Å². The van der Waals surface area contributed by atoms with Crippen LogP contribution in [-0.4, -0.2) is 55.9 Å². The minimum absolute atomic E-state index is 0. The summed E-state index contributed by atoms with van der Waals surface area (Å²) in [6.45, 7) is 5.01. The van der Waals surface area contributed by atoms with Crippen molar-refractivity contribution >= 4 is 10.1 Å². The van der Waals surface area contributed by atoms with E-state index in [9.17, 15) is 18.1 Å². The fourth-order valence-corrected chi connectivity index (χ4v) is 1.26. The number of hydrogen-bond acceptors (Lipinski definition) is 7. The molecule has 0 saturated carbocycles. The van der Waals surface area contributed by atoms with Crippen molar-refractivity contribution in [3.8, 4) is 0 Å². The molecular formula is C10H19NaO7S. The molecule has 7 nitrogen and oxygen atoms in total. The maximum absolute atomic E-state index is 10.5. The van der Waals surface area contributed by atoms with E-state index in [1.807, 2.05) is 0 Å². The Morgan fingerprint density at radius 1 is 1.37 bits per heavy atom. The summed E-state index contributed by atoms with van der Waals surface area (Å²) in [6, 6.07) is 0. The summed E-state index contributed by atoms with van der Waals surface area (Å²) in [4.78, 5) is 9.27. The van der Waals surface area contributed by atoms with Crippen molar-refractivity contribution in [3.63, 3.8) is 0 Å². The van der Waals surface area contributed by atoms with Crippen molar-refractivity contribution in [1.82, 2.24) is 0 Å². The average molecular weight is 306 g/mol. The minimum Gasteiger partial charge on any atom is -0.748 e. The summed E-state index contributed by atoms with van der Waals surface area (Å²) in [7, 11) is -4.29. The Hall–Kier alpha value is 0.490. The van der Waals surface area contributed by atoms with E-state index >= 15 is 0 Å². The van der Waals surface area contributed by atoms with Crippen LogP contribution in [0.2, 0.25) is 0 Å². The molecule has 0 rings (SSSR count). The van der Waals surface area contributed by atoms with Gasteiger partial charge in [0.1, 0.15) is 12.7 Å². The predicted molar refractivity (Wildman–Crippen MR) is 62.7 cm³/mol. The maximum Gasteiger partial charge on any atom is 1.00 e. The Labute approximate surface area is 135 Å². The molecule has 108 valence electrons. The van der Waals surface area contributed by atoms with Crippen molar-refractivity contribution < 1.29 is 62.1 Å². The molecule has 0 aliphatic carbocycles. The number of ether oxygens (including phenoxy) is 1. The molecule has 0 aliphatic rings. The summed E-state index contributed by atoms with van der Waals surface area (Å²) in [5.74, 6) is 0. The zero-order valence-corrected chi connectivity index (χ0v) is 14.1. The van der Waals surface area contributed by atoms with Gasteiger partial charge in [-0.15, -0.1) is 6.58 Å². The van der Waals surface area contributed by atoms with E-state index in [-0.39, 0.29) is 55.8 Å². The molecule has 0 aromatic rings. The van der Waals surface area contributed by atoms with Gasteiger partial charge in [-0.2, -0.15) is 0 Å². The molecule has 0 bridgehead atoms. The summed E-state index contributed by atoms with van der Waals surface area (Å²) >= 11 is 0. The predicted octanol–water partition coefficient (Wildman–Crippen LogP) is -3.17. The monoisotopic (exact) mass is 306 g/mol. The van der Waals surface area contributed by atoms with E-state index in [4.69, 9.17) is 4.74 Å². The second-order valence-corrected chi connectivity index (χ2v) is 5.47. The first-order valence-electron chi connectivity index (χ1n) is 5.43. The summed E-state index contributed by atoms with van der Waals surface area (Å²) < 4.78 is 36.6. The Morgan fingerprint density at radius 2 is 2.00 bits per heavy atom. The third kappa shape index (κ3) is 13.2. The first kappa shape index (κ1) is 21.8. The molecule has 0 fully saturated rings. The zero-order valence-electron chi connectivity index (χ0n) is 11.3. The van der Waals surface area contributed by atoms with Crippen LogP contribution in [0.15, 0.2) is 12.7 Å². The van der Waals surface area contributed by atoms with Crippen LogP contribution in [0.5, 0.6) is 0 Å². The van der Waals surface area contributed by atoms with Gasteiger partial charge in [0.15, 0.2) is 0 Å². The van der Waals surface area contributed by atoms with Crippen LogP contribution in [-0.2, 0) is 24.6 Å². The molecule has 0 radical (unpaired) electrons. The van der Waals surface area contributed by atoms with Gasteiger partial charge in [-0.1, -0.05) is 6.08 Å². The Kier molecular flexibility index (Phi) is 14.0. The fourth-order valence-electron chi connectivity index (χ4n) is 0.880. The quantitative estimate of drug-likeness (QED) is 0.107. The van der Waals surface area contributed by atoms with Crippen LogP contribution < -0.4 is 29.6 Å². The van der Waals surface area contributed by atoms with Crippen LogP contribution in [0.3, 0.4) is 0 Å². The van der Waals surface area contributed by atoms with Crippen molar-refractivity contribution in [3.05, 3.63) is 12.7 Å². The summed E-state index contributed by atoms with van der Waals surface area (Å²) in [5, 5.41) is 8.28. The minimum atomic E-state index is -4.29. The van der Waals surface area contributed by atoms with Crippen molar-refractivity contribution in [2.45, 2.75) is 24.7 Å². The van der Waals surface area contributed by atoms with E-state index in [0.29, 0.717) is 6.61 Å². The molecule has 19 heavy (non-hydrogen) atoms. The van der Waals surface area contributed by atoms with Gasteiger partial charge in [0.25, 0.3) is 0 Å². The van der Waals surface area contributed by atoms with Crippen LogP contribution >= 0.6 is 0 Å². The molecule has 0 saturated heterocycles. The third-order valence-corrected chi connectivity index (χ3v) is 3.21. The molecule has 9 heteroatoms. The number of aliphatic hydroxyl groups is 1. The zero-order chi connectivity index (χ0) is 14.0. The number of aliphatic hydroxyl groups excluding tert-OH is 1. The molecule has 0 spiro atoms. The first-order chi connectivity index (χ1) is 8.38. The largest absolute Gasteiger partial charge is 1.00 e. The van der Waals surface area contributed by atoms with E-state index < -0.39 is 21.5 Å².